The number of carbonyl (C=O) groups is 1. The van der Waals surface area contributed by atoms with Gasteiger partial charge in [0.1, 0.15) is 12.4 Å². The second-order valence-electron chi connectivity index (χ2n) is 7.45. The van der Waals surface area contributed by atoms with E-state index in [1.165, 1.54) is 0 Å². The maximum Gasteiger partial charge on any atom is 0.168 e. The third-order valence-corrected chi connectivity index (χ3v) is 6.50. The van der Waals surface area contributed by atoms with E-state index in [4.69, 9.17) is 10.5 Å². The molecule has 1 atom stereocenters. The molecule has 0 aliphatic rings. The first-order valence-corrected chi connectivity index (χ1v) is 11.4. The van der Waals surface area contributed by atoms with E-state index in [0.717, 1.165) is 21.7 Å². The van der Waals surface area contributed by atoms with Crippen molar-refractivity contribution >= 4 is 23.2 Å². The number of rotatable bonds is 9. The van der Waals surface area contributed by atoms with Crippen LogP contribution in [0.2, 0.25) is 0 Å². The molecule has 160 valence electrons. The van der Waals surface area contributed by atoms with Gasteiger partial charge in [0.25, 0.3) is 0 Å². The maximum absolute atomic E-state index is 13.4. The molecule has 0 bridgehead atoms. The minimum absolute atomic E-state index is 0.0458. The monoisotopic (exact) mass is 439 g/mol. The van der Waals surface area contributed by atoms with Gasteiger partial charge in [0.2, 0.25) is 0 Å². The number of para-hydroxylation sites is 2. The van der Waals surface area contributed by atoms with Crippen molar-refractivity contribution in [2.45, 2.75) is 23.2 Å². The molecule has 0 radical (unpaired) electrons. The molecule has 4 aromatic carbocycles. The lowest BCUT2D eigenvalue weighted by atomic mass is 10.0. The van der Waals surface area contributed by atoms with Crippen molar-refractivity contribution in [1.82, 2.24) is 0 Å². The van der Waals surface area contributed by atoms with Gasteiger partial charge in [-0.3, -0.25) is 4.79 Å². The quantitative estimate of drug-likeness (QED) is 0.174. The van der Waals surface area contributed by atoms with Gasteiger partial charge in [-0.2, -0.15) is 0 Å². The van der Waals surface area contributed by atoms with Gasteiger partial charge in [0.15, 0.2) is 5.78 Å². The van der Waals surface area contributed by atoms with Crippen LogP contribution in [0.15, 0.2) is 114 Å². The molecule has 0 heterocycles. The molecule has 0 saturated heterocycles. The van der Waals surface area contributed by atoms with E-state index in [2.05, 4.69) is 12.1 Å². The van der Waals surface area contributed by atoms with Gasteiger partial charge in [-0.25, -0.2) is 0 Å². The van der Waals surface area contributed by atoms with Crippen molar-refractivity contribution in [3.63, 3.8) is 0 Å². The second kappa shape index (κ2) is 10.7. The standard InChI is InChI=1S/C28H25NO2S/c29-24-16-8-10-18-27(24)32-28(22-13-5-2-6-14-22)19-25(30)23-15-7-9-17-26(23)31-20-21-11-3-1-4-12-21/h1-18,28H,19-20,29H2. The lowest BCUT2D eigenvalue weighted by Crippen LogP contribution is -2.08. The number of ketones is 1. The van der Waals surface area contributed by atoms with Crippen LogP contribution in [0.5, 0.6) is 5.75 Å². The number of anilines is 1. The van der Waals surface area contributed by atoms with Gasteiger partial charge < -0.3 is 10.5 Å². The summed E-state index contributed by atoms with van der Waals surface area (Å²) in [5.41, 5.74) is 9.66. The molecule has 0 fully saturated rings. The fraction of sp³-hybridized carbons (Fsp3) is 0.107. The van der Waals surface area contributed by atoms with Gasteiger partial charge in [-0.15, -0.1) is 11.8 Å². The van der Waals surface area contributed by atoms with Crippen LogP contribution in [0.4, 0.5) is 5.69 Å². The third kappa shape index (κ3) is 5.59. The number of hydrogen-bond donors (Lipinski definition) is 1. The van der Waals surface area contributed by atoms with E-state index in [9.17, 15) is 4.79 Å². The summed E-state index contributed by atoms with van der Waals surface area (Å²) >= 11 is 1.62. The zero-order valence-corrected chi connectivity index (χ0v) is 18.5. The molecule has 0 amide bonds. The van der Waals surface area contributed by atoms with E-state index in [-0.39, 0.29) is 11.0 Å². The lowest BCUT2D eigenvalue weighted by Gasteiger charge is -2.18. The molecule has 4 aromatic rings. The number of nitrogen functional groups attached to an aromatic ring is 1. The van der Waals surface area contributed by atoms with Crippen LogP contribution in [0.3, 0.4) is 0 Å². The summed E-state index contributed by atoms with van der Waals surface area (Å²) in [5, 5.41) is -0.0596. The zero-order chi connectivity index (χ0) is 22.2. The van der Waals surface area contributed by atoms with Crippen molar-refractivity contribution in [2.75, 3.05) is 5.73 Å². The number of benzene rings is 4. The Kier molecular flexibility index (Phi) is 7.26. The predicted molar refractivity (Wildman–Crippen MR) is 132 cm³/mol. The lowest BCUT2D eigenvalue weighted by molar-refractivity contribution is 0.0977. The predicted octanol–water partition coefficient (Wildman–Crippen LogP) is 6.95. The molecule has 0 aliphatic heterocycles. The summed E-state index contributed by atoms with van der Waals surface area (Å²) in [6.07, 6.45) is 0.342. The van der Waals surface area contributed by atoms with Crippen molar-refractivity contribution in [3.05, 3.63) is 126 Å². The Labute approximate surface area is 193 Å². The van der Waals surface area contributed by atoms with Gasteiger partial charge in [0.05, 0.1) is 5.56 Å². The van der Waals surface area contributed by atoms with Crippen LogP contribution in [-0.2, 0) is 6.61 Å². The highest BCUT2D eigenvalue weighted by Crippen LogP contribution is 2.41. The van der Waals surface area contributed by atoms with Gasteiger partial charge in [0, 0.05) is 22.3 Å². The highest BCUT2D eigenvalue weighted by molar-refractivity contribution is 7.99. The maximum atomic E-state index is 13.4. The first kappa shape index (κ1) is 21.7. The van der Waals surface area contributed by atoms with E-state index in [0.29, 0.717) is 24.3 Å². The Morgan fingerprint density at radius 1 is 0.781 bits per heavy atom. The molecular weight excluding hydrogens is 414 g/mol. The van der Waals surface area contributed by atoms with E-state index >= 15 is 0 Å². The Morgan fingerprint density at radius 2 is 1.41 bits per heavy atom. The average Bonchev–Trinajstić information content (AvgIpc) is 2.85. The van der Waals surface area contributed by atoms with E-state index in [1.54, 1.807) is 11.8 Å². The van der Waals surface area contributed by atoms with Crippen LogP contribution in [0.25, 0.3) is 0 Å². The summed E-state index contributed by atoms with van der Waals surface area (Å²) in [6, 6.07) is 35.3. The summed E-state index contributed by atoms with van der Waals surface area (Å²) < 4.78 is 6.02. The van der Waals surface area contributed by atoms with Crippen LogP contribution in [0, 0.1) is 0 Å². The molecule has 0 aromatic heterocycles. The van der Waals surface area contributed by atoms with Crippen LogP contribution in [-0.4, -0.2) is 5.78 Å². The van der Waals surface area contributed by atoms with Gasteiger partial charge in [-0.1, -0.05) is 84.9 Å². The normalized spacial score (nSPS) is 11.6. The number of Topliss-reactive ketones (excluding diaryl/α,β-unsaturated/α-hetero) is 1. The SMILES string of the molecule is Nc1ccccc1SC(CC(=O)c1ccccc1OCc1ccccc1)c1ccccc1. The summed E-state index contributed by atoms with van der Waals surface area (Å²) in [4.78, 5) is 14.4. The third-order valence-electron chi connectivity index (χ3n) is 5.16. The fourth-order valence-corrected chi connectivity index (χ4v) is 4.67. The molecule has 32 heavy (non-hydrogen) atoms. The summed E-state index contributed by atoms with van der Waals surface area (Å²) in [7, 11) is 0. The van der Waals surface area contributed by atoms with Crippen LogP contribution < -0.4 is 10.5 Å². The molecule has 3 nitrogen and oxygen atoms in total. The van der Waals surface area contributed by atoms with E-state index < -0.39 is 0 Å². The Balaban J connectivity index is 1.55. The fourth-order valence-electron chi connectivity index (χ4n) is 3.47. The Bertz CT molecular complexity index is 1160. The molecule has 0 saturated carbocycles. The first-order chi connectivity index (χ1) is 15.7. The summed E-state index contributed by atoms with van der Waals surface area (Å²) in [6.45, 7) is 0.419. The molecular formula is C28H25NO2S. The molecule has 4 heteroatoms. The largest absolute Gasteiger partial charge is 0.488 e. The smallest absolute Gasteiger partial charge is 0.168 e. The topological polar surface area (TPSA) is 52.3 Å². The minimum Gasteiger partial charge on any atom is -0.488 e. The second-order valence-corrected chi connectivity index (χ2v) is 8.70. The Morgan fingerprint density at radius 3 is 2.16 bits per heavy atom. The average molecular weight is 440 g/mol. The zero-order valence-electron chi connectivity index (χ0n) is 17.7. The molecule has 2 N–H and O–H groups in total. The highest BCUT2D eigenvalue weighted by Gasteiger charge is 2.21. The van der Waals surface area contributed by atoms with Gasteiger partial charge >= 0.3 is 0 Å². The number of ether oxygens (including phenoxy) is 1. The van der Waals surface area contributed by atoms with E-state index in [1.807, 2.05) is 97.1 Å². The first-order valence-electron chi connectivity index (χ1n) is 10.6. The van der Waals surface area contributed by atoms with Crippen LogP contribution >= 0.6 is 11.8 Å². The van der Waals surface area contributed by atoms with Crippen LogP contribution in [0.1, 0.15) is 33.2 Å². The summed E-state index contributed by atoms with van der Waals surface area (Å²) in [5.74, 6) is 0.655. The number of hydrogen-bond acceptors (Lipinski definition) is 4. The number of nitrogens with two attached hydrogens (primary N) is 1. The number of thioether (sulfide) groups is 1. The van der Waals surface area contributed by atoms with Crippen molar-refractivity contribution < 1.29 is 9.53 Å². The molecule has 0 spiro atoms. The molecule has 0 aliphatic carbocycles. The minimum atomic E-state index is -0.0596. The Hall–Kier alpha value is -3.50. The van der Waals surface area contributed by atoms with Crippen molar-refractivity contribution in [1.29, 1.82) is 0 Å². The molecule has 1 unspecified atom stereocenters. The van der Waals surface area contributed by atoms with Gasteiger partial charge in [-0.05, 0) is 35.4 Å². The number of carbonyl (C=O) groups excluding carboxylic acids is 1. The highest BCUT2D eigenvalue weighted by atomic mass is 32.2. The van der Waals surface area contributed by atoms with Crippen molar-refractivity contribution in [2.24, 2.45) is 0 Å². The molecule has 4 rings (SSSR count). The van der Waals surface area contributed by atoms with Crippen molar-refractivity contribution in [3.8, 4) is 5.75 Å².